The second kappa shape index (κ2) is 7.55. The average molecular weight is 366 g/mol. The summed E-state index contributed by atoms with van der Waals surface area (Å²) in [6, 6.07) is 4.21. The van der Waals surface area contributed by atoms with E-state index in [1.54, 1.807) is 13.8 Å². The van der Waals surface area contributed by atoms with Crippen molar-refractivity contribution in [3.63, 3.8) is 0 Å². The lowest BCUT2D eigenvalue weighted by molar-refractivity contribution is -0.138. The SMILES string of the molecule is Cc1nn(CCC(=O)O)c(C)c1/C=C\C(=O)c1cccc(C(F)(F)F)c1. The molecule has 0 aliphatic carbocycles. The van der Waals surface area contributed by atoms with Crippen LogP contribution in [-0.4, -0.2) is 26.6 Å². The maximum absolute atomic E-state index is 12.7. The molecule has 1 heterocycles. The minimum absolute atomic E-state index is 0.0651. The van der Waals surface area contributed by atoms with E-state index in [9.17, 15) is 22.8 Å². The molecule has 5 nitrogen and oxygen atoms in total. The lowest BCUT2D eigenvalue weighted by Crippen LogP contribution is -2.07. The van der Waals surface area contributed by atoms with Gasteiger partial charge in [0.05, 0.1) is 24.2 Å². The fourth-order valence-electron chi connectivity index (χ4n) is 2.48. The van der Waals surface area contributed by atoms with Crippen LogP contribution in [0.2, 0.25) is 0 Å². The van der Waals surface area contributed by atoms with Crippen molar-refractivity contribution in [1.29, 1.82) is 0 Å². The van der Waals surface area contributed by atoms with Gasteiger partial charge in [0.1, 0.15) is 0 Å². The van der Waals surface area contributed by atoms with Gasteiger partial charge >= 0.3 is 12.1 Å². The highest BCUT2D eigenvalue weighted by Crippen LogP contribution is 2.29. The molecule has 0 saturated carbocycles. The number of halogens is 3. The number of benzene rings is 1. The van der Waals surface area contributed by atoms with Crippen molar-refractivity contribution in [3.05, 3.63) is 58.4 Å². The number of aromatic nitrogens is 2. The van der Waals surface area contributed by atoms with Gasteiger partial charge in [0.2, 0.25) is 0 Å². The number of carbonyl (C=O) groups excluding carboxylic acids is 1. The molecule has 0 atom stereocenters. The van der Waals surface area contributed by atoms with Gasteiger partial charge in [0.15, 0.2) is 5.78 Å². The van der Waals surface area contributed by atoms with E-state index in [1.807, 2.05) is 0 Å². The molecule has 0 radical (unpaired) electrons. The Morgan fingerprint density at radius 3 is 2.58 bits per heavy atom. The predicted molar refractivity (Wildman–Crippen MR) is 88.8 cm³/mol. The molecule has 0 aliphatic rings. The van der Waals surface area contributed by atoms with Crippen molar-refractivity contribution in [2.75, 3.05) is 0 Å². The van der Waals surface area contributed by atoms with Crippen molar-refractivity contribution >= 4 is 17.8 Å². The van der Waals surface area contributed by atoms with Crippen molar-refractivity contribution in [2.45, 2.75) is 33.0 Å². The summed E-state index contributed by atoms with van der Waals surface area (Å²) in [7, 11) is 0. The third kappa shape index (κ3) is 4.59. The van der Waals surface area contributed by atoms with Gasteiger partial charge in [-0.2, -0.15) is 18.3 Å². The standard InChI is InChI=1S/C18H17F3N2O3/c1-11-15(12(2)23(22-11)9-8-17(25)26)6-7-16(24)13-4-3-5-14(10-13)18(19,20)21/h3-7,10H,8-9H2,1-2H3,(H,25,26)/b7-6-. The second-order valence-corrected chi connectivity index (χ2v) is 5.73. The summed E-state index contributed by atoms with van der Waals surface area (Å²) in [6.07, 6.45) is -1.93. The molecule has 1 N–H and O–H groups in total. The van der Waals surface area contributed by atoms with Crippen LogP contribution in [0, 0.1) is 13.8 Å². The smallest absolute Gasteiger partial charge is 0.416 e. The van der Waals surface area contributed by atoms with Crippen LogP contribution < -0.4 is 0 Å². The molecule has 2 rings (SSSR count). The zero-order valence-electron chi connectivity index (χ0n) is 14.2. The van der Waals surface area contributed by atoms with Crippen LogP contribution in [0.1, 0.15) is 39.3 Å². The molecule has 1 aromatic carbocycles. The normalized spacial score (nSPS) is 11.9. The lowest BCUT2D eigenvalue weighted by Gasteiger charge is -2.07. The highest BCUT2D eigenvalue weighted by Gasteiger charge is 2.30. The van der Waals surface area contributed by atoms with E-state index in [4.69, 9.17) is 5.11 Å². The molecule has 0 aliphatic heterocycles. The quantitative estimate of drug-likeness (QED) is 0.622. The van der Waals surface area contributed by atoms with Gasteiger partial charge in [-0.15, -0.1) is 0 Å². The summed E-state index contributed by atoms with van der Waals surface area (Å²) in [5.41, 5.74) is 0.962. The monoisotopic (exact) mass is 366 g/mol. The highest BCUT2D eigenvalue weighted by atomic mass is 19.4. The number of carboxylic acid groups (broad SMARTS) is 1. The van der Waals surface area contributed by atoms with Crippen molar-refractivity contribution in [3.8, 4) is 0 Å². The third-order valence-corrected chi connectivity index (χ3v) is 3.85. The number of carbonyl (C=O) groups is 2. The highest BCUT2D eigenvalue weighted by molar-refractivity contribution is 6.07. The maximum Gasteiger partial charge on any atom is 0.416 e. The van der Waals surface area contributed by atoms with Crippen LogP contribution in [-0.2, 0) is 17.5 Å². The number of hydrogen-bond donors (Lipinski definition) is 1. The molecule has 8 heteroatoms. The molecule has 0 spiro atoms. The first-order valence-electron chi connectivity index (χ1n) is 7.75. The third-order valence-electron chi connectivity index (χ3n) is 3.85. The number of ketones is 1. The summed E-state index contributed by atoms with van der Waals surface area (Å²) < 4.78 is 39.7. The van der Waals surface area contributed by atoms with Gasteiger partial charge in [-0.1, -0.05) is 12.1 Å². The molecule has 138 valence electrons. The van der Waals surface area contributed by atoms with Gasteiger partial charge in [0.25, 0.3) is 0 Å². The van der Waals surface area contributed by atoms with Gasteiger partial charge < -0.3 is 5.11 Å². The summed E-state index contributed by atoms with van der Waals surface area (Å²) >= 11 is 0. The Morgan fingerprint density at radius 1 is 1.27 bits per heavy atom. The number of carboxylic acids is 1. The van der Waals surface area contributed by atoms with Crippen LogP contribution in [0.4, 0.5) is 13.2 Å². The Bertz CT molecular complexity index is 867. The van der Waals surface area contributed by atoms with Crippen molar-refractivity contribution in [2.24, 2.45) is 0 Å². The largest absolute Gasteiger partial charge is 0.481 e. The average Bonchev–Trinajstić information content (AvgIpc) is 2.84. The predicted octanol–water partition coefficient (Wildman–Crippen LogP) is 3.89. The fraction of sp³-hybridized carbons (Fsp3) is 0.278. The molecular formula is C18H17F3N2O3. The molecule has 0 unspecified atom stereocenters. The molecule has 1 aromatic heterocycles. The molecule has 0 fully saturated rings. The topological polar surface area (TPSA) is 72.2 Å². The molecule has 0 saturated heterocycles. The molecule has 0 amide bonds. The van der Waals surface area contributed by atoms with Gasteiger partial charge in [-0.3, -0.25) is 14.3 Å². The zero-order chi connectivity index (χ0) is 19.5. The van der Waals surface area contributed by atoms with E-state index in [1.165, 1.54) is 29.0 Å². The number of alkyl halides is 3. The summed E-state index contributed by atoms with van der Waals surface area (Å²) in [5, 5.41) is 13.0. The van der Waals surface area contributed by atoms with Crippen LogP contribution in [0.3, 0.4) is 0 Å². The number of allylic oxidation sites excluding steroid dienone is 1. The lowest BCUT2D eigenvalue weighted by atomic mass is 10.1. The molecular weight excluding hydrogens is 349 g/mol. The summed E-state index contributed by atoms with van der Waals surface area (Å²) in [5.74, 6) is -1.51. The number of hydrogen-bond acceptors (Lipinski definition) is 3. The second-order valence-electron chi connectivity index (χ2n) is 5.73. The Balaban J connectivity index is 2.22. The minimum atomic E-state index is -4.52. The van der Waals surface area contributed by atoms with Crippen LogP contribution in [0.5, 0.6) is 0 Å². The van der Waals surface area contributed by atoms with Gasteiger partial charge in [-0.05, 0) is 38.1 Å². The van der Waals surface area contributed by atoms with Gasteiger partial charge in [-0.25, -0.2) is 0 Å². The van der Waals surface area contributed by atoms with Crippen molar-refractivity contribution in [1.82, 2.24) is 9.78 Å². The first-order chi connectivity index (χ1) is 12.1. The van der Waals surface area contributed by atoms with Gasteiger partial charge in [0, 0.05) is 16.8 Å². The van der Waals surface area contributed by atoms with Crippen molar-refractivity contribution < 1.29 is 27.9 Å². The number of nitrogens with zero attached hydrogens (tertiary/aromatic N) is 2. The zero-order valence-corrected chi connectivity index (χ0v) is 14.2. The Morgan fingerprint density at radius 2 is 1.96 bits per heavy atom. The molecule has 2 aromatic rings. The maximum atomic E-state index is 12.7. The van der Waals surface area contributed by atoms with E-state index < -0.39 is 23.5 Å². The van der Waals surface area contributed by atoms with E-state index >= 15 is 0 Å². The Hall–Kier alpha value is -2.90. The Kier molecular flexibility index (Phi) is 5.64. The fourth-order valence-corrected chi connectivity index (χ4v) is 2.48. The van der Waals surface area contributed by atoms with E-state index in [-0.39, 0.29) is 18.5 Å². The molecule has 26 heavy (non-hydrogen) atoms. The number of aliphatic carboxylic acids is 1. The van der Waals surface area contributed by atoms with E-state index in [2.05, 4.69) is 5.10 Å². The van der Waals surface area contributed by atoms with E-state index in [0.29, 0.717) is 17.0 Å². The summed E-state index contributed by atoms with van der Waals surface area (Å²) in [6.45, 7) is 3.63. The first-order valence-corrected chi connectivity index (χ1v) is 7.75. The van der Waals surface area contributed by atoms with Crippen LogP contribution in [0.25, 0.3) is 6.08 Å². The number of rotatable bonds is 6. The van der Waals surface area contributed by atoms with E-state index in [0.717, 1.165) is 12.1 Å². The first kappa shape index (κ1) is 19.4. The Labute approximate surface area is 147 Å². The van der Waals surface area contributed by atoms with Crippen LogP contribution >= 0.6 is 0 Å². The number of aryl methyl sites for hydroxylation is 2. The minimum Gasteiger partial charge on any atom is -0.481 e. The van der Waals surface area contributed by atoms with Crippen LogP contribution in [0.15, 0.2) is 30.3 Å². The molecule has 0 bridgehead atoms. The summed E-state index contributed by atoms with van der Waals surface area (Å²) in [4.78, 5) is 22.8.